The zero-order valence-corrected chi connectivity index (χ0v) is 19.0. The predicted molar refractivity (Wildman–Crippen MR) is 118 cm³/mol. The molecule has 0 aliphatic carbocycles. The maximum absolute atomic E-state index is 13.3. The fraction of sp³-hybridized carbons (Fsp3) is 0.391. The molecule has 0 saturated carbocycles. The lowest BCUT2D eigenvalue weighted by molar-refractivity contribution is -0.140. The molecular formula is C23H24F3N3O4S. The lowest BCUT2D eigenvalue weighted by Crippen LogP contribution is -2.50. The molecule has 2 aliphatic heterocycles. The fourth-order valence-corrected chi connectivity index (χ4v) is 5.98. The quantitative estimate of drug-likeness (QED) is 0.691. The van der Waals surface area contributed by atoms with E-state index in [1.165, 1.54) is 11.0 Å². The highest BCUT2D eigenvalue weighted by molar-refractivity contribution is 7.89. The minimum Gasteiger partial charge on any atom is -0.340 e. The fourth-order valence-electron chi connectivity index (χ4n) is 4.34. The van der Waals surface area contributed by atoms with Crippen molar-refractivity contribution in [3.05, 3.63) is 59.7 Å². The number of nitrogens with one attached hydrogen (secondary N) is 1. The van der Waals surface area contributed by atoms with Gasteiger partial charge in [-0.2, -0.15) is 17.5 Å². The third-order valence-electron chi connectivity index (χ3n) is 6.22. The molecule has 7 nitrogen and oxygen atoms in total. The number of nitrogens with zero attached hydrogens (tertiary/aromatic N) is 2. The Kier molecular flexibility index (Phi) is 6.68. The van der Waals surface area contributed by atoms with Gasteiger partial charge in [-0.1, -0.05) is 30.3 Å². The molecule has 2 heterocycles. The van der Waals surface area contributed by atoms with E-state index >= 15 is 0 Å². The Morgan fingerprint density at radius 1 is 1.00 bits per heavy atom. The van der Waals surface area contributed by atoms with Crippen LogP contribution in [0.2, 0.25) is 0 Å². The standard InChI is InChI=1S/C23H24F3N3O4S/c24-23(25,26)18-6-2-4-8-20(18)34(32,33)29-13-11-28(12-14-29)21(30)10-9-17-15-16-5-1-3-7-19(16)27-22(17)31/h1-8,17H,9-15H2,(H,27,31)/t17-/m0/s1. The van der Waals surface area contributed by atoms with Crippen LogP contribution in [0.25, 0.3) is 0 Å². The molecule has 0 unspecified atom stereocenters. The number of benzene rings is 2. The van der Waals surface area contributed by atoms with Crippen LogP contribution in [0.1, 0.15) is 24.0 Å². The monoisotopic (exact) mass is 495 g/mol. The molecule has 0 radical (unpaired) electrons. The van der Waals surface area contributed by atoms with Crippen molar-refractivity contribution >= 4 is 27.5 Å². The second kappa shape index (κ2) is 9.38. The van der Waals surface area contributed by atoms with Gasteiger partial charge in [0.15, 0.2) is 0 Å². The van der Waals surface area contributed by atoms with E-state index in [1.54, 1.807) is 0 Å². The summed E-state index contributed by atoms with van der Waals surface area (Å²) in [7, 11) is -4.37. The van der Waals surface area contributed by atoms with Crippen LogP contribution < -0.4 is 5.32 Å². The van der Waals surface area contributed by atoms with Crippen molar-refractivity contribution in [2.45, 2.75) is 30.3 Å². The molecule has 0 aromatic heterocycles. The van der Waals surface area contributed by atoms with E-state index in [-0.39, 0.29) is 50.3 Å². The normalized spacial score (nSPS) is 19.4. The number of rotatable bonds is 5. The summed E-state index contributed by atoms with van der Waals surface area (Å²) in [4.78, 5) is 25.7. The number of amides is 2. The molecular weight excluding hydrogens is 471 g/mol. The van der Waals surface area contributed by atoms with Crippen LogP contribution in [0.5, 0.6) is 0 Å². The Balaban J connectivity index is 1.34. The number of carbonyl (C=O) groups is 2. The number of halogens is 3. The highest BCUT2D eigenvalue weighted by Crippen LogP contribution is 2.35. The number of alkyl halides is 3. The number of piperazine rings is 1. The van der Waals surface area contributed by atoms with E-state index in [1.807, 2.05) is 24.3 Å². The molecule has 1 saturated heterocycles. The maximum atomic E-state index is 13.3. The molecule has 4 rings (SSSR count). The summed E-state index contributed by atoms with van der Waals surface area (Å²) in [6.45, 7) is -0.0486. The minimum absolute atomic E-state index is 0.0753. The number of hydrogen-bond acceptors (Lipinski definition) is 4. The largest absolute Gasteiger partial charge is 0.417 e. The third kappa shape index (κ3) is 4.95. The highest BCUT2D eigenvalue weighted by atomic mass is 32.2. The van der Waals surface area contributed by atoms with E-state index in [9.17, 15) is 31.2 Å². The molecule has 2 aromatic carbocycles. The average Bonchev–Trinajstić information content (AvgIpc) is 2.82. The van der Waals surface area contributed by atoms with Gasteiger partial charge in [-0.3, -0.25) is 9.59 Å². The topological polar surface area (TPSA) is 86.8 Å². The molecule has 34 heavy (non-hydrogen) atoms. The van der Waals surface area contributed by atoms with Crippen LogP contribution >= 0.6 is 0 Å². The van der Waals surface area contributed by atoms with Gasteiger partial charge < -0.3 is 10.2 Å². The Hall–Kier alpha value is -2.92. The second-order valence-electron chi connectivity index (χ2n) is 8.36. The summed E-state index contributed by atoms with van der Waals surface area (Å²) in [5.74, 6) is -0.676. The Morgan fingerprint density at radius 3 is 2.35 bits per heavy atom. The van der Waals surface area contributed by atoms with Gasteiger partial charge in [-0.05, 0) is 36.6 Å². The first kappa shape index (κ1) is 24.2. The lowest BCUT2D eigenvalue weighted by Gasteiger charge is -2.34. The van der Waals surface area contributed by atoms with Crippen LogP contribution in [0, 0.1) is 5.92 Å². The van der Waals surface area contributed by atoms with E-state index in [0.29, 0.717) is 12.8 Å². The summed E-state index contributed by atoms with van der Waals surface area (Å²) >= 11 is 0. The summed E-state index contributed by atoms with van der Waals surface area (Å²) in [5.41, 5.74) is 0.581. The van der Waals surface area contributed by atoms with Crippen molar-refractivity contribution < 1.29 is 31.2 Å². The van der Waals surface area contributed by atoms with Gasteiger partial charge in [-0.15, -0.1) is 0 Å². The minimum atomic E-state index is -4.80. The lowest BCUT2D eigenvalue weighted by atomic mass is 9.89. The van der Waals surface area contributed by atoms with Gasteiger partial charge >= 0.3 is 6.18 Å². The molecule has 2 aliphatic rings. The summed E-state index contributed by atoms with van der Waals surface area (Å²) in [6, 6.07) is 11.6. The van der Waals surface area contributed by atoms with Gasteiger partial charge in [0.1, 0.15) is 0 Å². The smallest absolute Gasteiger partial charge is 0.340 e. The van der Waals surface area contributed by atoms with Crippen molar-refractivity contribution in [3.63, 3.8) is 0 Å². The molecule has 11 heteroatoms. The number of sulfonamides is 1. The second-order valence-corrected chi connectivity index (χ2v) is 10.3. The van der Waals surface area contributed by atoms with Crippen molar-refractivity contribution in [2.24, 2.45) is 5.92 Å². The summed E-state index contributed by atoms with van der Waals surface area (Å²) in [5, 5.41) is 2.85. The number of anilines is 1. The number of fused-ring (bicyclic) bond motifs is 1. The van der Waals surface area contributed by atoms with Crippen LogP contribution in [0.3, 0.4) is 0 Å². The Labute approximate surface area is 195 Å². The van der Waals surface area contributed by atoms with Gasteiger partial charge in [-0.25, -0.2) is 8.42 Å². The molecule has 1 atom stereocenters. The number of para-hydroxylation sites is 1. The highest BCUT2D eigenvalue weighted by Gasteiger charge is 2.40. The first-order chi connectivity index (χ1) is 16.1. The molecule has 182 valence electrons. The molecule has 1 fully saturated rings. The van der Waals surface area contributed by atoms with Crippen LogP contribution in [0.4, 0.5) is 18.9 Å². The average molecular weight is 496 g/mol. The van der Waals surface area contributed by atoms with E-state index in [0.717, 1.165) is 33.8 Å². The molecule has 0 bridgehead atoms. The Morgan fingerprint density at radius 2 is 1.65 bits per heavy atom. The maximum Gasteiger partial charge on any atom is 0.417 e. The number of hydrogen-bond donors (Lipinski definition) is 1. The van der Waals surface area contributed by atoms with Crippen molar-refractivity contribution in [1.82, 2.24) is 9.21 Å². The van der Waals surface area contributed by atoms with Gasteiger partial charge in [0.05, 0.1) is 10.5 Å². The van der Waals surface area contributed by atoms with Gasteiger partial charge in [0, 0.05) is 44.2 Å². The first-order valence-corrected chi connectivity index (χ1v) is 12.3. The molecule has 2 aromatic rings. The van der Waals surface area contributed by atoms with Gasteiger partial charge in [0.25, 0.3) is 0 Å². The van der Waals surface area contributed by atoms with E-state index in [2.05, 4.69) is 5.32 Å². The molecule has 0 spiro atoms. The van der Waals surface area contributed by atoms with Crippen LogP contribution in [-0.2, 0) is 32.2 Å². The molecule has 1 N–H and O–H groups in total. The van der Waals surface area contributed by atoms with E-state index < -0.39 is 26.7 Å². The van der Waals surface area contributed by atoms with Gasteiger partial charge in [0.2, 0.25) is 21.8 Å². The molecule has 2 amide bonds. The van der Waals surface area contributed by atoms with Crippen molar-refractivity contribution in [3.8, 4) is 0 Å². The third-order valence-corrected chi connectivity index (χ3v) is 8.18. The summed E-state index contributed by atoms with van der Waals surface area (Å²) in [6.07, 6.45) is -3.77. The van der Waals surface area contributed by atoms with Crippen molar-refractivity contribution in [2.75, 3.05) is 31.5 Å². The first-order valence-electron chi connectivity index (χ1n) is 10.9. The van der Waals surface area contributed by atoms with E-state index in [4.69, 9.17) is 0 Å². The zero-order chi connectivity index (χ0) is 24.5. The number of carbonyl (C=O) groups excluding carboxylic acids is 2. The Bertz CT molecular complexity index is 1190. The van der Waals surface area contributed by atoms with Crippen LogP contribution in [-0.4, -0.2) is 55.6 Å². The zero-order valence-electron chi connectivity index (χ0n) is 18.2. The summed E-state index contributed by atoms with van der Waals surface area (Å²) < 4.78 is 66.6. The SMILES string of the molecule is O=C1Nc2ccccc2C[C@@H]1CCC(=O)N1CCN(S(=O)(=O)c2ccccc2C(F)(F)F)CC1. The van der Waals surface area contributed by atoms with Crippen LogP contribution in [0.15, 0.2) is 53.4 Å². The predicted octanol–water partition coefficient (Wildman–Crippen LogP) is 3.13. The van der Waals surface area contributed by atoms with Crippen molar-refractivity contribution in [1.29, 1.82) is 0 Å².